The van der Waals surface area contributed by atoms with Crippen LogP contribution in [0.4, 0.5) is 20.9 Å². The van der Waals surface area contributed by atoms with E-state index in [0.717, 1.165) is 11.3 Å². The van der Waals surface area contributed by atoms with Gasteiger partial charge in [-0.2, -0.15) is 0 Å². The van der Waals surface area contributed by atoms with Crippen molar-refractivity contribution in [2.24, 2.45) is 4.99 Å². The van der Waals surface area contributed by atoms with Gasteiger partial charge in [-0.15, -0.1) is 0 Å². The van der Waals surface area contributed by atoms with Crippen molar-refractivity contribution in [1.82, 2.24) is 9.88 Å². The highest BCUT2D eigenvalue weighted by atomic mass is 32.1. The number of nitrogens with one attached hydrogen (secondary N) is 1. The Bertz CT molecular complexity index is 1060. The number of benzene rings is 2. The maximum absolute atomic E-state index is 13.1. The zero-order valence-corrected chi connectivity index (χ0v) is 16.3. The number of nitrogens with zero attached hydrogens (tertiary/aromatic N) is 4. The number of non-ortho nitro benzene ring substituents is 1. The summed E-state index contributed by atoms with van der Waals surface area (Å²) in [5, 5.41) is 13.9. The maximum Gasteiger partial charge on any atom is 0.269 e. The number of amides is 1. The van der Waals surface area contributed by atoms with E-state index < -0.39 is 16.6 Å². The Balaban J connectivity index is 1.97. The number of halogens is 1. The summed E-state index contributed by atoms with van der Waals surface area (Å²) in [6, 6.07) is 11.1. The number of aliphatic imine (C=N–C) groups is 1. The first-order valence-corrected chi connectivity index (χ1v) is 9.18. The SMILES string of the molecule is CN(C)C=Nc1nc(-c2ccc([N+](=O)[O-])cc2)c(C(=O)Nc2ccc(F)cc2)s1. The molecule has 0 aliphatic rings. The van der Waals surface area contributed by atoms with Gasteiger partial charge in [0.2, 0.25) is 5.13 Å². The molecule has 0 saturated carbocycles. The van der Waals surface area contributed by atoms with E-state index in [9.17, 15) is 19.3 Å². The molecule has 0 radical (unpaired) electrons. The molecule has 0 atom stereocenters. The molecule has 3 aromatic rings. The van der Waals surface area contributed by atoms with E-state index in [-0.39, 0.29) is 10.6 Å². The summed E-state index contributed by atoms with van der Waals surface area (Å²) >= 11 is 1.08. The number of carbonyl (C=O) groups is 1. The predicted molar refractivity (Wildman–Crippen MR) is 110 cm³/mol. The van der Waals surface area contributed by atoms with Crippen LogP contribution in [0.25, 0.3) is 11.3 Å². The number of thiazole rings is 1. The van der Waals surface area contributed by atoms with Gasteiger partial charge in [0, 0.05) is 37.5 Å². The van der Waals surface area contributed by atoms with Crippen molar-refractivity contribution in [3.8, 4) is 11.3 Å². The van der Waals surface area contributed by atoms with Crippen molar-refractivity contribution in [3.63, 3.8) is 0 Å². The van der Waals surface area contributed by atoms with Gasteiger partial charge in [0.05, 0.1) is 17.0 Å². The van der Waals surface area contributed by atoms with Gasteiger partial charge >= 0.3 is 0 Å². The lowest BCUT2D eigenvalue weighted by atomic mass is 10.1. The van der Waals surface area contributed by atoms with E-state index in [1.807, 2.05) is 0 Å². The van der Waals surface area contributed by atoms with E-state index in [1.165, 1.54) is 48.5 Å². The molecule has 1 N–H and O–H groups in total. The van der Waals surface area contributed by atoms with Crippen LogP contribution in [-0.2, 0) is 0 Å². The average Bonchev–Trinajstić information content (AvgIpc) is 3.13. The van der Waals surface area contributed by atoms with Gasteiger partial charge in [-0.05, 0) is 36.4 Å². The molecular formula is C19H16FN5O3S. The summed E-state index contributed by atoms with van der Waals surface area (Å²) in [5.41, 5.74) is 1.27. The van der Waals surface area contributed by atoms with Crippen LogP contribution in [-0.4, -0.2) is 41.1 Å². The molecule has 1 heterocycles. The summed E-state index contributed by atoms with van der Waals surface area (Å²) in [7, 11) is 3.60. The summed E-state index contributed by atoms with van der Waals surface area (Å²) in [5.74, 6) is -0.846. The number of aromatic nitrogens is 1. The van der Waals surface area contributed by atoms with E-state index in [1.54, 1.807) is 25.3 Å². The highest BCUT2D eigenvalue weighted by Crippen LogP contribution is 2.34. The van der Waals surface area contributed by atoms with E-state index in [4.69, 9.17) is 0 Å². The third-order valence-corrected chi connectivity index (χ3v) is 4.64. The predicted octanol–water partition coefficient (Wildman–Crippen LogP) is 4.33. The Morgan fingerprint density at radius 3 is 2.45 bits per heavy atom. The molecule has 0 aliphatic heterocycles. The van der Waals surface area contributed by atoms with Gasteiger partial charge < -0.3 is 10.2 Å². The first-order chi connectivity index (χ1) is 13.8. The van der Waals surface area contributed by atoms with Crippen molar-refractivity contribution >= 4 is 40.1 Å². The first-order valence-electron chi connectivity index (χ1n) is 8.36. The number of hydrogen-bond acceptors (Lipinski definition) is 6. The Labute approximate surface area is 169 Å². The molecule has 0 unspecified atom stereocenters. The molecule has 0 bridgehead atoms. The molecule has 29 heavy (non-hydrogen) atoms. The minimum Gasteiger partial charge on any atom is -0.369 e. The minimum absolute atomic E-state index is 0.0628. The maximum atomic E-state index is 13.1. The van der Waals surface area contributed by atoms with Crippen LogP contribution in [0.2, 0.25) is 0 Å². The van der Waals surface area contributed by atoms with Crippen LogP contribution in [0.5, 0.6) is 0 Å². The fourth-order valence-corrected chi connectivity index (χ4v) is 3.16. The third kappa shape index (κ3) is 4.99. The number of rotatable bonds is 6. The first kappa shape index (κ1) is 20.1. The Hall–Kier alpha value is -3.66. The fourth-order valence-electron chi connectivity index (χ4n) is 2.34. The van der Waals surface area contributed by atoms with E-state index in [2.05, 4.69) is 15.3 Å². The molecule has 2 aromatic carbocycles. The third-order valence-electron chi connectivity index (χ3n) is 3.67. The zero-order valence-electron chi connectivity index (χ0n) is 15.5. The summed E-state index contributed by atoms with van der Waals surface area (Å²) in [4.78, 5) is 33.8. The van der Waals surface area contributed by atoms with Crippen LogP contribution in [0.3, 0.4) is 0 Å². The lowest BCUT2D eigenvalue weighted by Crippen LogP contribution is -2.11. The van der Waals surface area contributed by atoms with Gasteiger partial charge in [0.25, 0.3) is 11.6 Å². The summed E-state index contributed by atoms with van der Waals surface area (Å²) in [6.07, 6.45) is 1.56. The molecule has 1 aromatic heterocycles. The van der Waals surface area contributed by atoms with Gasteiger partial charge in [-0.1, -0.05) is 11.3 Å². The lowest BCUT2D eigenvalue weighted by molar-refractivity contribution is -0.384. The van der Waals surface area contributed by atoms with Gasteiger partial charge in [-0.3, -0.25) is 14.9 Å². The fraction of sp³-hybridized carbons (Fsp3) is 0.105. The topological polar surface area (TPSA) is 101 Å². The Morgan fingerprint density at radius 2 is 1.86 bits per heavy atom. The normalized spacial score (nSPS) is 10.9. The number of nitro benzene ring substituents is 1. The van der Waals surface area contributed by atoms with Crippen molar-refractivity contribution in [1.29, 1.82) is 0 Å². The van der Waals surface area contributed by atoms with Gasteiger partial charge in [0.1, 0.15) is 10.7 Å². The number of anilines is 1. The highest BCUT2D eigenvalue weighted by Gasteiger charge is 2.20. The quantitative estimate of drug-likeness (QED) is 0.281. The molecular weight excluding hydrogens is 397 g/mol. The summed E-state index contributed by atoms with van der Waals surface area (Å²) < 4.78 is 13.1. The van der Waals surface area contributed by atoms with Crippen LogP contribution in [0, 0.1) is 15.9 Å². The second-order valence-corrected chi connectivity index (χ2v) is 7.12. The smallest absolute Gasteiger partial charge is 0.269 e. The molecule has 0 aliphatic carbocycles. The van der Waals surface area contributed by atoms with E-state index in [0.29, 0.717) is 22.1 Å². The van der Waals surface area contributed by atoms with Crippen molar-refractivity contribution in [2.75, 3.05) is 19.4 Å². The largest absolute Gasteiger partial charge is 0.369 e. The zero-order chi connectivity index (χ0) is 21.0. The van der Waals surface area contributed by atoms with Crippen molar-refractivity contribution < 1.29 is 14.1 Å². The summed E-state index contributed by atoms with van der Waals surface area (Å²) in [6.45, 7) is 0. The highest BCUT2D eigenvalue weighted by molar-refractivity contribution is 7.17. The van der Waals surface area contributed by atoms with Gasteiger partial charge in [0.15, 0.2) is 0 Å². The Morgan fingerprint density at radius 1 is 1.21 bits per heavy atom. The van der Waals surface area contributed by atoms with Crippen LogP contribution < -0.4 is 5.32 Å². The molecule has 0 saturated heterocycles. The molecule has 8 nitrogen and oxygen atoms in total. The van der Waals surface area contributed by atoms with E-state index >= 15 is 0 Å². The number of hydrogen-bond donors (Lipinski definition) is 1. The standard InChI is InChI=1S/C19H16FN5O3S/c1-24(2)11-21-19-23-16(12-3-9-15(10-4-12)25(27)28)17(29-19)18(26)22-14-7-5-13(20)6-8-14/h3-11H,1-2H3,(H,22,26). The minimum atomic E-state index is -0.500. The van der Waals surface area contributed by atoms with Crippen molar-refractivity contribution in [3.05, 3.63) is 69.3 Å². The number of nitro groups is 1. The second-order valence-electron chi connectivity index (χ2n) is 6.15. The molecule has 10 heteroatoms. The molecule has 148 valence electrons. The number of carbonyl (C=O) groups excluding carboxylic acids is 1. The van der Waals surface area contributed by atoms with Crippen LogP contribution >= 0.6 is 11.3 Å². The molecule has 3 rings (SSSR count). The molecule has 0 spiro atoms. The van der Waals surface area contributed by atoms with Crippen molar-refractivity contribution in [2.45, 2.75) is 0 Å². The lowest BCUT2D eigenvalue weighted by Gasteiger charge is -2.05. The average molecular weight is 413 g/mol. The van der Waals surface area contributed by atoms with Crippen LogP contribution in [0.1, 0.15) is 9.67 Å². The monoisotopic (exact) mass is 413 g/mol. The second kappa shape index (κ2) is 8.57. The Kier molecular flexibility index (Phi) is 5.93. The molecule has 0 fully saturated rings. The van der Waals surface area contributed by atoms with Gasteiger partial charge in [-0.25, -0.2) is 14.4 Å². The van der Waals surface area contributed by atoms with Crippen LogP contribution in [0.15, 0.2) is 53.5 Å². The molecule has 1 amide bonds.